The Kier molecular flexibility index (Phi) is 7.17. The van der Waals surface area contributed by atoms with Gasteiger partial charge in [-0.15, -0.1) is 0 Å². The van der Waals surface area contributed by atoms with E-state index in [9.17, 15) is 4.79 Å². The SMILES string of the molecule is NCCCOC1CCN(C(=O)CC2CCSCC2)CC1. The molecule has 0 aromatic heterocycles. The number of thioether (sulfide) groups is 1. The zero-order valence-electron chi connectivity index (χ0n) is 12.4. The molecular formula is C15H28N2O2S. The first-order valence-corrected chi connectivity index (χ1v) is 9.12. The topological polar surface area (TPSA) is 55.6 Å². The zero-order valence-corrected chi connectivity index (χ0v) is 13.2. The number of amides is 1. The number of carbonyl (C=O) groups excluding carboxylic acids is 1. The predicted octanol–water partition coefficient (Wildman–Crippen LogP) is 1.88. The van der Waals surface area contributed by atoms with Crippen LogP contribution < -0.4 is 5.73 Å². The minimum atomic E-state index is 0.330. The van der Waals surface area contributed by atoms with Crippen LogP contribution in [0.5, 0.6) is 0 Å². The van der Waals surface area contributed by atoms with Gasteiger partial charge < -0.3 is 15.4 Å². The number of nitrogens with zero attached hydrogens (tertiary/aromatic N) is 1. The molecule has 2 heterocycles. The lowest BCUT2D eigenvalue weighted by atomic mass is 9.97. The van der Waals surface area contributed by atoms with Crippen LogP contribution in [0.25, 0.3) is 0 Å². The van der Waals surface area contributed by atoms with Gasteiger partial charge in [0, 0.05) is 26.1 Å². The molecule has 2 rings (SSSR count). The van der Waals surface area contributed by atoms with Crippen LogP contribution in [0, 0.1) is 5.92 Å². The van der Waals surface area contributed by atoms with Crippen LogP contribution in [-0.2, 0) is 9.53 Å². The van der Waals surface area contributed by atoms with Crippen molar-refractivity contribution in [3.05, 3.63) is 0 Å². The Hall–Kier alpha value is -0.260. The number of carbonyl (C=O) groups is 1. The van der Waals surface area contributed by atoms with Gasteiger partial charge in [0.2, 0.25) is 5.91 Å². The molecule has 20 heavy (non-hydrogen) atoms. The third-order valence-electron chi connectivity index (χ3n) is 4.30. The minimum Gasteiger partial charge on any atom is -0.378 e. The van der Waals surface area contributed by atoms with E-state index in [-0.39, 0.29) is 0 Å². The van der Waals surface area contributed by atoms with Gasteiger partial charge in [0.1, 0.15) is 0 Å². The first kappa shape index (κ1) is 16.1. The molecule has 2 aliphatic rings. The van der Waals surface area contributed by atoms with Crippen LogP contribution in [-0.4, -0.2) is 54.7 Å². The van der Waals surface area contributed by atoms with Gasteiger partial charge >= 0.3 is 0 Å². The van der Waals surface area contributed by atoms with Gasteiger partial charge in [-0.1, -0.05) is 0 Å². The molecule has 0 spiro atoms. The van der Waals surface area contributed by atoms with Crippen LogP contribution in [0.2, 0.25) is 0 Å². The Balaban J connectivity index is 1.63. The average Bonchev–Trinajstić information content (AvgIpc) is 2.49. The molecule has 0 atom stereocenters. The van der Waals surface area contributed by atoms with Crippen molar-refractivity contribution in [2.45, 2.75) is 44.6 Å². The van der Waals surface area contributed by atoms with Gasteiger partial charge in [-0.05, 0) is 56.1 Å². The van der Waals surface area contributed by atoms with Gasteiger partial charge in [0.25, 0.3) is 0 Å². The van der Waals surface area contributed by atoms with Gasteiger partial charge in [-0.2, -0.15) is 11.8 Å². The number of ether oxygens (including phenoxy) is 1. The number of hydrogen-bond acceptors (Lipinski definition) is 4. The molecule has 0 aromatic carbocycles. The van der Waals surface area contributed by atoms with Crippen molar-refractivity contribution in [2.24, 2.45) is 11.7 Å². The molecule has 0 saturated carbocycles. The van der Waals surface area contributed by atoms with Crippen molar-refractivity contribution >= 4 is 17.7 Å². The fraction of sp³-hybridized carbons (Fsp3) is 0.933. The molecule has 0 unspecified atom stereocenters. The van der Waals surface area contributed by atoms with Crippen molar-refractivity contribution in [3.8, 4) is 0 Å². The second kappa shape index (κ2) is 8.90. The lowest BCUT2D eigenvalue weighted by Gasteiger charge is -2.33. The maximum atomic E-state index is 12.3. The van der Waals surface area contributed by atoms with Crippen molar-refractivity contribution < 1.29 is 9.53 Å². The second-order valence-corrected chi connectivity index (χ2v) is 7.08. The molecule has 0 aliphatic carbocycles. The smallest absolute Gasteiger partial charge is 0.222 e. The maximum absolute atomic E-state index is 12.3. The first-order valence-electron chi connectivity index (χ1n) is 7.96. The van der Waals surface area contributed by atoms with Crippen LogP contribution in [0.3, 0.4) is 0 Å². The Morgan fingerprint density at radius 2 is 1.90 bits per heavy atom. The van der Waals surface area contributed by atoms with Gasteiger partial charge in [0.15, 0.2) is 0 Å². The summed E-state index contributed by atoms with van der Waals surface area (Å²) in [5.74, 6) is 3.45. The van der Waals surface area contributed by atoms with E-state index >= 15 is 0 Å². The molecule has 0 radical (unpaired) electrons. The second-order valence-electron chi connectivity index (χ2n) is 5.85. The molecule has 2 aliphatic heterocycles. The molecular weight excluding hydrogens is 272 g/mol. The molecule has 4 nitrogen and oxygen atoms in total. The fourth-order valence-corrected chi connectivity index (χ4v) is 4.14. The van der Waals surface area contributed by atoms with Gasteiger partial charge in [-0.25, -0.2) is 0 Å². The normalized spacial score (nSPS) is 22.1. The number of nitrogens with two attached hydrogens (primary N) is 1. The number of piperidine rings is 1. The minimum absolute atomic E-state index is 0.330. The molecule has 2 saturated heterocycles. The van der Waals surface area contributed by atoms with E-state index in [0.717, 1.165) is 45.4 Å². The summed E-state index contributed by atoms with van der Waals surface area (Å²) in [7, 11) is 0. The van der Waals surface area contributed by atoms with Crippen LogP contribution in [0.15, 0.2) is 0 Å². The highest BCUT2D eigenvalue weighted by Crippen LogP contribution is 2.26. The van der Waals surface area contributed by atoms with E-state index in [2.05, 4.69) is 0 Å². The first-order chi connectivity index (χ1) is 9.79. The summed E-state index contributed by atoms with van der Waals surface area (Å²) in [6, 6.07) is 0. The maximum Gasteiger partial charge on any atom is 0.222 e. The molecule has 2 N–H and O–H groups in total. The summed E-state index contributed by atoms with van der Waals surface area (Å²) in [5.41, 5.74) is 5.46. The monoisotopic (exact) mass is 300 g/mol. The van der Waals surface area contributed by atoms with E-state index in [1.54, 1.807) is 0 Å². The molecule has 0 aromatic rings. The zero-order chi connectivity index (χ0) is 14.2. The van der Waals surface area contributed by atoms with Gasteiger partial charge in [-0.3, -0.25) is 4.79 Å². The van der Waals surface area contributed by atoms with Crippen LogP contribution >= 0.6 is 11.8 Å². The molecule has 116 valence electrons. The summed E-state index contributed by atoms with van der Waals surface area (Å²) >= 11 is 2.02. The predicted molar refractivity (Wildman–Crippen MR) is 83.9 cm³/mol. The highest BCUT2D eigenvalue weighted by atomic mass is 32.2. The molecule has 5 heteroatoms. The van der Waals surface area contributed by atoms with Crippen molar-refractivity contribution in [3.63, 3.8) is 0 Å². The van der Waals surface area contributed by atoms with E-state index in [4.69, 9.17) is 10.5 Å². The Bertz CT molecular complexity index is 288. The summed E-state index contributed by atoms with van der Waals surface area (Å²) in [6.45, 7) is 3.19. The number of hydrogen-bond donors (Lipinski definition) is 1. The van der Waals surface area contributed by atoms with Crippen molar-refractivity contribution in [1.82, 2.24) is 4.90 Å². The Morgan fingerprint density at radius 1 is 1.20 bits per heavy atom. The quantitative estimate of drug-likeness (QED) is 0.761. The lowest BCUT2D eigenvalue weighted by Crippen LogP contribution is -2.41. The lowest BCUT2D eigenvalue weighted by molar-refractivity contribution is -0.134. The fourth-order valence-electron chi connectivity index (χ4n) is 2.93. The number of rotatable bonds is 6. The highest BCUT2D eigenvalue weighted by molar-refractivity contribution is 7.99. The third-order valence-corrected chi connectivity index (χ3v) is 5.35. The molecule has 0 bridgehead atoms. The molecule has 1 amide bonds. The van der Waals surface area contributed by atoms with E-state index in [0.29, 0.717) is 24.5 Å². The van der Waals surface area contributed by atoms with Crippen molar-refractivity contribution in [2.75, 3.05) is 37.7 Å². The van der Waals surface area contributed by atoms with E-state index in [1.807, 2.05) is 16.7 Å². The average molecular weight is 300 g/mol. The third kappa shape index (κ3) is 5.26. The summed E-state index contributed by atoms with van der Waals surface area (Å²) in [5, 5.41) is 0. The standard InChI is InChI=1S/C15H28N2O2S/c16-6-1-9-19-14-2-7-17(8-3-14)15(18)12-13-4-10-20-11-5-13/h13-14H,1-12,16H2. The number of likely N-dealkylation sites (tertiary alicyclic amines) is 1. The Morgan fingerprint density at radius 3 is 2.55 bits per heavy atom. The van der Waals surface area contributed by atoms with Crippen LogP contribution in [0.1, 0.15) is 38.5 Å². The van der Waals surface area contributed by atoms with Crippen LogP contribution in [0.4, 0.5) is 0 Å². The van der Waals surface area contributed by atoms with Gasteiger partial charge in [0.05, 0.1) is 6.10 Å². The summed E-state index contributed by atoms with van der Waals surface area (Å²) in [6.07, 6.45) is 6.42. The summed E-state index contributed by atoms with van der Waals surface area (Å²) in [4.78, 5) is 14.3. The van der Waals surface area contributed by atoms with E-state index in [1.165, 1.54) is 24.3 Å². The highest BCUT2D eigenvalue weighted by Gasteiger charge is 2.25. The molecule has 2 fully saturated rings. The largest absolute Gasteiger partial charge is 0.378 e. The summed E-state index contributed by atoms with van der Waals surface area (Å²) < 4.78 is 5.78. The van der Waals surface area contributed by atoms with E-state index < -0.39 is 0 Å². The Labute approximate surface area is 126 Å². The van der Waals surface area contributed by atoms with Crippen molar-refractivity contribution in [1.29, 1.82) is 0 Å².